The topological polar surface area (TPSA) is 47.1 Å². The minimum absolute atomic E-state index is 0.277. The van der Waals surface area contributed by atoms with Crippen LogP contribution >= 0.6 is 0 Å². The number of nitrogens with two attached hydrogens (primary N) is 1. The summed E-state index contributed by atoms with van der Waals surface area (Å²) in [7, 11) is 0. The van der Waals surface area contributed by atoms with Gasteiger partial charge in [0.2, 0.25) is 0 Å². The van der Waals surface area contributed by atoms with Crippen LogP contribution in [0.5, 0.6) is 0 Å². The fourth-order valence-corrected chi connectivity index (χ4v) is 3.16. The molecule has 1 unspecified atom stereocenters. The molecule has 20 heavy (non-hydrogen) atoms. The minimum Gasteiger partial charge on any atom is -0.333 e. The summed E-state index contributed by atoms with van der Waals surface area (Å²) < 4.78 is 2.23. The number of fused-ring (bicyclic) bond motifs is 1. The molecule has 2 heterocycles. The molecule has 1 aromatic heterocycles. The van der Waals surface area contributed by atoms with Gasteiger partial charge in [-0.15, -0.1) is 0 Å². The molecule has 0 radical (unpaired) electrons. The van der Waals surface area contributed by atoms with E-state index in [9.17, 15) is 0 Å². The Bertz CT molecular complexity index is 582. The van der Waals surface area contributed by atoms with Gasteiger partial charge in [-0.2, -0.15) is 0 Å². The number of imidazole rings is 1. The molecule has 0 bridgehead atoms. The Balaban J connectivity index is 1.87. The Hall–Kier alpha value is -1.65. The van der Waals surface area contributed by atoms with E-state index in [-0.39, 0.29) is 6.04 Å². The molecule has 4 nitrogen and oxygen atoms in total. The first-order valence-electron chi connectivity index (χ1n) is 7.19. The highest BCUT2D eigenvalue weighted by Crippen LogP contribution is 2.25. The van der Waals surface area contributed by atoms with Gasteiger partial charge in [0.25, 0.3) is 0 Å². The molecule has 0 amide bonds. The smallest absolute Gasteiger partial charge is 0.122 e. The van der Waals surface area contributed by atoms with Crippen LogP contribution in [-0.4, -0.2) is 27.5 Å². The van der Waals surface area contributed by atoms with Crippen molar-refractivity contribution < 1.29 is 0 Å². The molecule has 0 aliphatic carbocycles. The average Bonchev–Trinajstić information content (AvgIpc) is 2.86. The molecule has 1 aliphatic rings. The first-order chi connectivity index (χ1) is 9.67. The number of aromatic nitrogens is 2. The summed E-state index contributed by atoms with van der Waals surface area (Å²) in [5.41, 5.74) is 9.99. The highest BCUT2D eigenvalue weighted by molar-refractivity contribution is 5.31. The van der Waals surface area contributed by atoms with Crippen molar-refractivity contribution in [3.8, 4) is 0 Å². The van der Waals surface area contributed by atoms with Gasteiger partial charge in [-0.1, -0.05) is 29.3 Å². The Kier molecular flexibility index (Phi) is 3.59. The number of rotatable bonds is 3. The molecule has 1 aliphatic heterocycles. The molecule has 3 rings (SSSR count). The second-order valence-corrected chi connectivity index (χ2v) is 5.68. The van der Waals surface area contributed by atoms with Gasteiger partial charge >= 0.3 is 0 Å². The summed E-state index contributed by atoms with van der Waals surface area (Å²) in [5.74, 6) is 1.14. The van der Waals surface area contributed by atoms with Gasteiger partial charge in [0.05, 0.1) is 6.54 Å². The van der Waals surface area contributed by atoms with Crippen molar-refractivity contribution in [2.75, 3.05) is 13.1 Å². The lowest BCUT2D eigenvalue weighted by Gasteiger charge is -2.34. The number of aryl methyl sites for hydroxylation is 2. The zero-order valence-corrected chi connectivity index (χ0v) is 12.2. The van der Waals surface area contributed by atoms with Gasteiger partial charge < -0.3 is 10.3 Å². The van der Waals surface area contributed by atoms with Crippen LogP contribution in [0.1, 0.15) is 28.6 Å². The number of nitrogens with zero attached hydrogens (tertiary/aromatic N) is 3. The SMILES string of the molecule is Cc1cc(C)cc(C(CN)N2CCn3ccnc3C2)c1. The molecule has 2 aromatic rings. The van der Waals surface area contributed by atoms with Crippen LogP contribution in [0.4, 0.5) is 0 Å². The van der Waals surface area contributed by atoms with E-state index in [0.717, 1.165) is 25.5 Å². The third-order valence-electron chi connectivity index (χ3n) is 4.07. The monoisotopic (exact) mass is 270 g/mol. The lowest BCUT2D eigenvalue weighted by Crippen LogP contribution is -2.39. The molecular weight excluding hydrogens is 248 g/mol. The van der Waals surface area contributed by atoms with E-state index in [1.165, 1.54) is 16.7 Å². The summed E-state index contributed by atoms with van der Waals surface area (Å²) in [6.07, 6.45) is 3.94. The van der Waals surface area contributed by atoms with Crippen LogP contribution < -0.4 is 5.73 Å². The first-order valence-corrected chi connectivity index (χ1v) is 7.19. The van der Waals surface area contributed by atoms with E-state index in [0.29, 0.717) is 6.54 Å². The van der Waals surface area contributed by atoms with Crippen molar-refractivity contribution in [2.45, 2.75) is 33.0 Å². The van der Waals surface area contributed by atoms with E-state index in [1.807, 2.05) is 6.20 Å². The summed E-state index contributed by atoms with van der Waals surface area (Å²) in [6, 6.07) is 7.00. The van der Waals surface area contributed by atoms with Crippen molar-refractivity contribution in [2.24, 2.45) is 5.73 Å². The molecule has 106 valence electrons. The van der Waals surface area contributed by atoms with Gasteiger partial charge in [0.15, 0.2) is 0 Å². The molecule has 0 spiro atoms. The maximum absolute atomic E-state index is 6.06. The van der Waals surface area contributed by atoms with E-state index in [2.05, 4.69) is 52.7 Å². The summed E-state index contributed by atoms with van der Waals surface area (Å²) in [4.78, 5) is 6.87. The van der Waals surface area contributed by atoms with Gasteiger partial charge in [0, 0.05) is 38.1 Å². The molecule has 0 saturated carbocycles. The largest absolute Gasteiger partial charge is 0.333 e. The van der Waals surface area contributed by atoms with Crippen LogP contribution in [-0.2, 0) is 13.1 Å². The van der Waals surface area contributed by atoms with Gasteiger partial charge in [-0.3, -0.25) is 4.90 Å². The van der Waals surface area contributed by atoms with Crippen molar-refractivity contribution in [1.82, 2.24) is 14.5 Å². The Morgan fingerprint density at radius 2 is 1.95 bits per heavy atom. The molecular formula is C16H22N4. The zero-order valence-electron chi connectivity index (χ0n) is 12.2. The quantitative estimate of drug-likeness (QED) is 0.928. The fraction of sp³-hybridized carbons (Fsp3) is 0.438. The molecule has 0 saturated heterocycles. The van der Waals surface area contributed by atoms with Gasteiger partial charge in [-0.25, -0.2) is 4.98 Å². The van der Waals surface area contributed by atoms with Crippen LogP contribution in [0, 0.1) is 13.8 Å². The maximum atomic E-state index is 6.06. The summed E-state index contributed by atoms with van der Waals surface area (Å²) in [5, 5.41) is 0. The summed E-state index contributed by atoms with van der Waals surface area (Å²) in [6.45, 7) is 7.83. The van der Waals surface area contributed by atoms with Crippen LogP contribution in [0.3, 0.4) is 0 Å². The molecule has 4 heteroatoms. The molecule has 0 fully saturated rings. The highest BCUT2D eigenvalue weighted by Gasteiger charge is 2.24. The zero-order chi connectivity index (χ0) is 14.1. The Morgan fingerprint density at radius 3 is 2.65 bits per heavy atom. The third-order valence-corrected chi connectivity index (χ3v) is 4.07. The molecule has 1 atom stereocenters. The van der Waals surface area contributed by atoms with Gasteiger partial charge in [0.1, 0.15) is 5.82 Å². The maximum Gasteiger partial charge on any atom is 0.122 e. The highest BCUT2D eigenvalue weighted by atomic mass is 15.3. The lowest BCUT2D eigenvalue weighted by atomic mass is 9.99. The fourth-order valence-electron chi connectivity index (χ4n) is 3.16. The lowest BCUT2D eigenvalue weighted by molar-refractivity contribution is 0.156. The summed E-state index contributed by atoms with van der Waals surface area (Å²) >= 11 is 0. The Morgan fingerprint density at radius 1 is 1.20 bits per heavy atom. The Labute approximate surface area is 120 Å². The second kappa shape index (κ2) is 5.38. The van der Waals surface area contributed by atoms with Crippen molar-refractivity contribution in [1.29, 1.82) is 0 Å². The van der Waals surface area contributed by atoms with Crippen LogP contribution in [0.15, 0.2) is 30.6 Å². The van der Waals surface area contributed by atoms with Crippen molar-refractivity contribution in [3.63, 3.8) is 0 Å². The normalized spacial score (nSPS) is 16.9. The van der Waals surface area contributed by atoms with Crippen molar-refractivity contribution >= 4 is 0 Å². The van der Waals surface area contributed by atoms with Gasteiger partial charge in [-0.05, 0) is 19.4 Å². The van der Waals surface area contributed by atoms with E-state index >= 15 is 0 Å². The first kappa shape index (κ1) is 13.3. The predicted octanol–water partition coefficient (Wildman–Crippen LogP) is 2.02. The van der Waals surface area contributed by atoms with E-state index in [4.69, 9.17) is 5.73 Å². The van der Waals surface area contributed by atoms with E-state index < -0.39 is 0 Å². The van der Waals surface area contributed by atoms with E-state index in [1.54, 1.807) is 0 Å². The minimum atomic E-state index is 0.277. The number of hydrogen-bond acceptors (Lipinski definition) is 3. The standard InChI is InChI=1S/C16H22N4/c1-12-7-13(2)9-14(8-12)15(10-17)20-6-5-19-4-3-18-16(19)11-20/h3-4,7-9,15H,5-6,10-11,17H2,1-2H3. The third kappa shape index (κ3) is 2.49. The number of hydrogen-bond donors (Lipinski definition) is 1. The van der Waals surface area contributed by atoms with Crippen LogP contribution in [0.2, 0.25) is 0 Å². The van der Waals surface area contributed by atoms with Crippen LogP contribution in [0.25, 0.3) is 0 Å². The van der Waals surface area contributed by atoms with Crippen molar-refractivity contribution in [3.05, 3.63) is 53.1 Å². The molecule has 1 aromatic carbocycles. The number of benzene rings is 1. The average molecular weight is 270 g/mol. The molecule has 2 N–H and O–H groups in total. The predicted molar refractivity (Wildman–Crippen MR) is 80.3 cm³/mol. The second-order valence-electron chi connectivity index (χ2n) is 5.68.